The van der Waals surface area contributed by atoms with Gasteiger partial charge >= 0.3 is 0 Å². The molecule has 1 amide bonds. The zero-order chi connectivity index (χ0) is 15.7. The highest BCUT2D eigenvalue weighted by atomic mass is 35.5. The summed E-state index contributed by atoms with van der Waals surface area (Å²) in [6.45, 7) is 4.20. The molecule has 1 fully saturated rings. The summed E-state index contributed by atoms with van der Waals surface area (Å²) in [6.07, 6.45) is 0.754. The zero-order valence-corrected chi connectivity index (χ0v) is 13.2. The van der Waals surface area contributed by atoms with E-state index >= 15 is 0 Å². The van der Waals surface area contributed by atoms with Crippen LogP contribution in [0.3, 0.4) is 0 Å². The van der Waals surface area contributed by atoms with Gasteiger partial charge in [-0.25, -0.2) is 4.39 Å². The number of carbonyl (C=O) groups excluding carboxylic acids is 1. The fourth-order valence-corrected chi connectivity index (χ4v) is 2.89. The summed E-state index contributed by atoms with van der Waals surface area (Å²) in [4.78, 5) is 24.6. The van der Waals surface area contributed by atoms with Crippen molar-refractivity contribution in [2.75, 3.05) is 13.1 Å². The van der Waals surface area contributed by atoms with E-state index in [1.165, 1.54) is 6.92 Å². The second kappa shape index (κ2) is 7.02. The maximum Gasteiger partial charge on any atom is 0.285 e. The number of likely N-dealkylation sites (tertiary alicyclic amines) is 1. The van der Waals surface area contributed by atoms with Gasteiger partial charge in [-0.1, -0.05) is 0 Å². The predicted molar refractivity (Wildman–Crippen MR) is 82.7 cm³/mol. The molecule has 1 aromatic carbocycles. The van der Waals surface area contributed by atoms with Crippen molar-refractivity contribution >= 4 is 24.0 Å². The molecule has 1 aliphatic rings. The van der Waals surface area contributed by atoms with Crippen LogP contribution in [0.25, 0.3) is 0 Å². The topological polar surface area (TPSA) is 89.5 Å². The molecule has 22 heavy (non-hydrogen) atoms. The molecule has 2 rings (SSSR count). The Kier molecular flexibility index (Phi) is 5.85. The second-order valence-electron chi connectivity index (χ2n) is 5.52. The molecule has 2 unspecified atom stereocenters. The van der Waals surface area contributed by atoms with Crippen molar-refractivity contribution in [3.8, 4) is 0 Å². The highest BCUT2D eigenvalue weighted by molar-refractivity contribution is 5.99. The molecule has 0 aromatic heterocycles. The number of hydrogen-bond acceptors (Lipinski definition) is 4. The van der Waals surface area contributed by atoms with Gasteiger partial charge in [0, 0.05) is 18.2 Å². The minimum Gasteiger partial charge on any atom is -0.335 e. The van der Waals surface area contributed by atoms with E-state index in [4.69, 9.17) is 5.73 Å². The number of hydrogen-bond donors (Lipinski definition) is 1. The summed E-state index contributed by atoms with van der Waals surface area (Å²) < 4.78 is 13.5. The Bertz CT molecular complexity index is 597. The van der Waals surface area contributed by atoms with Crippen LogP contribution in [0.1, 0.15) is 29.3 Å². The lowest BCUT2D eigenvalue weighted by molar-refractivity contribution is -0.385. The van der Waals surface area contributed by atoms with Gasteiger partial charge in [0.05, 0.1) is 4.92 Å². The largest absolute Gasteiger partial charge is 0.335 e. The highest BCUT2D eigenvalue weighted by Gasteiger charge is 2.35. The van der Waals surface area contributed by atoms with Gasteiger partial charge in [0.15, 0.2) is 0 Å². The molecule has 2 atom stereocenters. The highest BCUT2D eigenvalue weighted by Crippen LogP contribution is 2.30. The molecule has 0 bridgehead atoms. The fraction of sp³-hybridized carbons (Fsp3) is 0.500. The molecule has 1 saturated heterocycles. The number of amides is 1. The summed E-state index contributed by atoms with van der Waals surface area (Å²) in [7, 11) is 0. The van der Waals surface area contributed by atoms with Crippen molar-refractivity contribution in [1.29, 1.82) is 0 Å². The van der Waals surface area contributed by atoms with Crippen LogP contribution in [0.4, 0.5) is 10.1 Å². The van der Waals surface area contributed by atoms with Crippen LogP contribution in [0.15, 0.2) is 12.1 Å². The molecule has 0 aliphatic carbocycles. The molecule has 0 spiro atoms. The molecular weight excluding hydrogens is 313 g/mol. The maximum atomic E-state index is 13.5. The summed E-state index contributed by atoms with van der Waals surface area (Å²) >= 11 is 0. The van der Waals surface area contributed by atoms with Crippen molar-refractivity contribution in [3.05, 3.63) is 39.2 Å². The first kappa shape index (κ1) is 18.3. The van der Waals surface area contributed by atoms with Crippen molar-refractivity contribution in [1.82, 2.24) is 4.90 Å². The maximum absolute atomic E-state index is 13.5. The minimum atomic E-state index is -0.649. The summed E-state index contributed by atoms with van der Waals surface area (Å²) in [6, 6.07) is 1.94. The Balaban J connectivity index is 0.00000242. The summed E-state index contributed by atoms with van der Waals surface area (Å²) in [5.74, 6) is -0.978. The number of nitro benzene ring substituents is 1. The third-order valence-electron chi connectivity index (χ3n) is 3.93. The summed E-state index contributed by atoms with van der Waals surface area (Å²) in [5.41, 5.74) is 5.24. The predicted octanol–water partition coefficient (Wildman–Crippen LogP) is 2.27. The molecule has 0 saturated carbocycles. The number of carbonyl (C=O) groups is 1. The van der Waals surface area contributed by atoms with Crippen molar-refractivity contribution < 1.29 is 14.1 Å². The first-order valence-electron chi connectivity index (χ1n) is 6.80. The van der Waals surface area contributed by atoms with Crippen molar-refractivity contribution in [2.45, 2.75) is 26.3 Å². The lowest BCUT2D eigenvalue weighted by Crippen LogP contribution is -2.35. The lowest BCUT2D eigenvalue weighted by Gasteiger charge is -2.21. The number of nitrogens with two attached hydrogens (primary N) is 1. The minimum absolute atomic E-state index is 0. The number of aryl methyl sites for hydroxylation is 1. The van der Waals surface area contributed by atoms with Gasteiger partial charge in [0.25, 0.3) is 11.6 Å². The van der Waals surface area contributed by atoms with E-state index in [0.29, 0.717) is 13.1 Å². The Morgan fingerprint density at radius 1 is 1.55 bits per heavy atom. The van der Waals surface area contributed by atoms with Crippen LogP contribution in [0.2, 0.25) is 0 Å². The van der Waals surface area contributed by atoms with E-state index < -0.39 is 16.6 Å². The van der Waals surface area contributed by atoms with Crippen LogP contribution in [0, 0.1) is 28.8 Å². The van der Waals surface area contributed by atoms with Gasteiger partial charge in [0.2, 0.25) is 0 Å². The van der Waals surface area contributed by atoms with Crippen LogP contribution < -0.4 is 5.73 Å². The number of rotatable bonds is 3. The molecule has 0 radical (unpaired) electrons. The van der Waals surface area contributed by atoms with E-state index in [1.54, 1.807) is 4.90 Å². The van der Waals surface area contributed by atoms with E-state index in [2.05, 4.69) is 0 Å². The normalized spacial score (nSPS) is 20.6. The van der Waals surface area contributed by atoms with E-state index in [-0.39, 0.29) is 41.2 Å². The molecule has 8 heteroatoms. The molecule has 2 N–H and O–H groups in total. The van der Waals surface area contributed by atoms with Crippen LogP contribution in [0.5, 0.6) is 0 Å². The number of halogens is 2. The standard InChI is InChI=1S/C14H18FN3O3.ClH/c1-8-3-11(15)5-12(13(8)18(20)21)14(19)17-7-10(6-16)4-9(17)2;/h3,5,9-10H,4,6-7,16H2,1-2H3;1H. The van der Waals surface area contributed by atoms with E-state index in [1.807, 2.05) is 6.92 Å². The molecule has 122 valence electrons. The second-order valence-corrected chi connectivity index (χ2v) is 5.52. The first-order valence-corrected chi connectivity index (χ1v) is 6.80. The zero-order valence-electron chi connectivity index (χ0n) is 12.4. The van der Waals surface area contributed by atoms with E-state index in [0.717, 1.165) is 18.6 Å². The van der Waals surface area contributed by atoms with Gasteiger partial charge in [-0.15, -0.1) is 12.4 Å². The van der Waals surface area contributed by atoms with E-state index in [9.17, 15) is 19.3 Å². The van der Waals surface area contributed by atoms with Crippen molar-refractivity contribution in [2.24, 2.45) is 11.7 Å². The van der Waals surface area contributed by atoms with Gasteiger partial charge in [-0.05, 0) is 44.9 Å². The molecule has 1 heterocycles. The van der Waals surface area contributed by atoms with Crippen LogP contribution >= 0.6 is 12.4 Å². The summed E-state index contributed by atoms with van der Waals surface area (Å²) in [5, 5.41) is 11.2. The van der Waals surface area contributed by atoms with Crippen molar-refractivity contribution in [3.63, 3.8) is 0 Å². The van der Waals surface area contributed by atoms with Crippen LogP contribution in [-0.4, -0.2) is 34.9 Å². The Labute approximate surface area is 134 Å². The number of nitrogens with zero attached hydrogens (tertiary/aromatic N) is 2. The monoisotopic (exact) mass is 331 g/mol. The molecule has 1 aromatic rings. The number of nitro groups is 1. The third-order valence-corrected chi connectivity index (χ3v) is 3.93. The van der Waals surface area contributed by atoms with Crippen LogP contribution in [-0.2, 0) is 0 Å². The molecular formula is C14H19ClFN3O3. The lowest BCUT2D eigenvalue weighted by atomic mass is 10.1. The average molecular weight is 332 g/mol. The number of benzene rings is 1. The smallest absolute Gasteiger partial charge is 0.285 e. The molecule has 6 nitrogen and oxygen atoms in total. The van der Waals surface area contributed by atoms with Gasteiger partial charge in [0.1, 0.15) is 11.4 Å². The molecule has 1 aliphatic heterocycles. The quantitative estimate of drug-likeness (QED) is 0.679. The Morgan fingerprint density at radius 3 is 2.68 bits per heavy atom. The SMILES string of the molecule is Cc1cc(F)cc(C(=O)N2CC(CN)CC2C)c1[N+](=O)[O-].Cl. The van der Waals surface area contributed by atoms with Gasteiger partial charge < -0.3 is 10.6 Å². The average Bonchev–Trinajstić information content (AvgIpc) is 2.77. The Hall–Kier alpha value is -1.73. The third kappa shape index (κ3) is 3.36. The fourth-order valence-electron chi connectivity index (χ4n) is 2.89. The van der Waals surface area contributed by atoms with Gasteiger partial charge in [-0.3, -0.25) is 14.9 Å². The first-order chi connectivity index (χ1) is 9.85. The van der Waals surface area contributed by atoms with Gasteiger partial charge in [-0.2, -0.15) is 0 Å². The Morgan fingerprint density at radius 2 is 2.18 bits per heavy atom.